The van der Waals surface area contributed by atoms with Crippen molar-refractivity contribution in [2.75, 3.05) is 38.4 Å². The van der Waals surface area contributed by atoms with Crippen LogP contribution in [0.15, 0.2) is 24.3 Å². The highest BCUT2D eigenvalue weighted by Gasteiger charge is 2.00. The van der Waals surface area contributed by atoms with E-state index in [1.54, 1.807) is 0 Å². The van der Waals surface area contributed by atoms with Gasteiger partial charge in [-0.05, 0) is 36.5 Å². The van der Waals surface area contributed by atoms with Crippen molar-refractivity contribution in [1.82, 2.24) is 4.90 Å². The fourth-order valence-electron chi connectivity index (χ4n) is 1.08. The van der Waals surface area contributed by atoms with Crippen LogP contribution in [-0.4, -0.2) is 38.2 Å². The Balaban J connectivity index is 2.69. The largest absolute Gasteiger partial charge is 0.378 e. The zero-order chi connectivity index (χ0) is 11.4. The van der Waals surface area contributed by atoms with Crippen molar-refractivity contribution in [1.29, 1.82) is 0 Å². The standard InChI is InChI=1S/C11H17N3S/c1-13(2)10-7-5-9(6-8-10)12-11(15)14(3)4/h5-8H,1-4H3,(H,12,15). The van der Waals surface area contributed by atoms with Gasteiger partial charge >= 0.3 is 0 Å². The molecule has 82 valence electrons. The molecule has 0 saturated carbocycles. The summed E-state index contributed by atoms with van der Waals surface area (Å²) >= 11 is 5.15. The van der Waals surface area contributed by atoms with Gasteiger partial charge in [0, 0.05) is 39.6 Å². The Hall–Kier alpha value is -1.29. The summed E-state index contributed by atoms with van der Waals surface area (Å²) in [7, 11) is 7.88. The Kier molecular flexibility index (Phi) is 3.91. The van der Waals surface area contributed by atoms with Crippen molar-refractivity contribution >= 4 is 28.7 Å². The molecule has 0 spiro atoms. The summed E-state index contributed by atoms with van der Waals surface area (Å²) in [6.07, 6.45) is 0. The molecular formula is C11H17N3S. The molecule has 4 heteroatoms. The monoisotopic (exact) mass is 223 g/mol. The molecule has 1 N–H and O–H groups in total. The molecule has 0 radical (unpaired) electrons. The minimum absolute atomic E-state index is 0.715. The molecule has 0 fully saturated rings. The van der Waals surface area contributed by atoms with Gasteiger partial charge in [0.05, 0.1) is 0 Å². The van der Waals surface area contributed by atoms with Crippen molar-refractivity contribution in [3.05, 3.63) is 24.3 Å². The zero-order valence-electron chi connectivity index (χ0n) is 9.61. The predicted octanol–water partition coefficient (Wildman–Crippen LogP) is 2.01. The Bertz CT molecular complexity index is 330. The van der Waals surface area contributed by atoms with Crippen LogP contribution in [0, 0.1) is 0 Å². The van der Waals surface area contributed by atoms with Gasteiger partial charge in [-0.1, -0.05) is 0 Å². The van der Waals surface area contributed by atoms with Crippen LogP contribution < -0.4 is 10.2 Å². The number of nitrogens with zero attached hydrogens (tertiary/aromatic N) is 2. The smallest absolute Gasteiger partial charge is 0.172 e. The number of nitrogens with one attached hydrogen (secondary N) is 1. The van der Waals surface area contributed by atoms with Gasteiger partial charge in [0.1, 0.15) is 0 Å². The lowest BCUT2D eigenvalue weighted by Gasteiger charge is -2.17. The van der Waals surface area contributed by atoms with E-state index in [2.05, 4.69) is 22.3 Å². The van der Waals surface area contributed by atoms with Gasteiger partial charge in [-0.15, -0.1) is 0 Å². The third-order valence-corrected chi connectivity index (χ3v) is 2.51. The first-order valence-electron chi connectivity index (χ1n) is 4.76. The van der Waals surface area contributed by atoms with E-state index in [9.17, 15) is 0 Å². The summed E-state index contributed by atoms with van der Waals surface area (Å²) in [6.45, 7) is 0. The summed E-state index contributed by atoms with van der Waals surface area (Å²) in [5.74, 6) is 0. The minimum atomic E-state index is 0.715. The summed E-state index contributed by atoms with van der Waals surface area (Å²) in [6, 6.07) is 8.15. The third kappa shape index (κ3) is 3.40. The van der Waals surface area contributed by atoms with E-state index < -0.39 is 0 Å². The third-order valence-electron chi connectivity index (χ3n) is 2.04. The first-order valence-corrected chi connectivity index (χ1v) is 5.17. The molecule has 0 aliphatic rings. The van der Waals surface area contributed by atoms with E-state index in [1.165, 1.54) is 5.69 Å². The number of hydrogen-bond donors (Lipinski definition) is 1. The predicted molar refractivity (Wildman–Crippen MR) is 70.7 cm³/mol. The molecule has 0 saturated heterocycles. The van der Waals surface area contributed by atoms with Gasteiger partial charge < -0.3 is 15.1 Å². The number of hydrogen-bond acceptors (Lipinski definition) is 2. The van der Waals surface area contributed by atoms with Crippen molar-refractivity contribution in [2.45, 2.75) is 0 Å². The molecule has 0 aliphatic carbocycles. The fourth-order valence-corrected chi connectivity index (χ4v) is 1.20. The van der Waals surface area contributed by atoms with Crippen LogP contribution in [0.25, 0.3) is 0 Å². The molecule has 15 heavy (non-hydrogen) atoms. The second kappa shape index (κ2) is 4.98. The second-order valence-electron chi connectivity index (χ2n) is 3.77. The van der Waals surface area contributed by atoms with Crippen molar-refractivity contribution in [3.63, 3.8) is 0 Å². The van der Waals surface area contributed by atoms with E-state index in [-0.39, 0.29) is 0 Å². The van der Waals surface area contributed by atoms with Crippen LogP contribution in [0.5, 0.6) is 0 Å². The summed E-state index contributed by atoms with van der Waals surface area (Å²) in [4.78, 5) is 3.93. The lowest BCUT2D eigenvalue weighted by Crippen LogP contribution is -2.26. The van der Waals surface area contributed by atoms with Gasteiger partial charge in [0.25, 0.3) is 0 Å². The highest BCUT2D eigenvalue weighted by atomic mass is 32.1. The first kappa shape index (κ1) is 11.8. The normalized spacial score (nSPS) is 9.60. The Labute approximate surface area is 96.7 Å². The zero-order valence-corrected chi connectivity index (χ0v) is 10.4. The average molecular weight is 223 g/mol. The van der Waals surface area contributed by atoms with Crippen LogP contribution in [-0.2, 0) is 0 Å². The lowest BCUT2D eigenvalue weighted by molar-refractivity contribution is 0.634. The molecule has 1 aromatic carbocycles. The molecule has 0 bridgehead atoms. The molecular weight excluding hydrogens is 206 g/mol. The van der Waals surface area contributed by atoms with Crippen molar-refractivity contribution in [2.24, 2.45) is 0 Å². The van der Waals surface area contributed by atoms with Crippen molar-refractivity contribution < 1.29 is 0 Å². The molecule has 0 aromatic heterocycles. The molecule has 0 unspecified atom stereocenters. The number of rotatable bonds is 2. The summed E-state index contributed by atoms with van der Waals surface area (Å²) < 4.78 is 0. The van der Waals surface area contributed by atoms with Crippen LogP contribution in [0.3, 0.4) is 0 Å². The van der Waals surface area contributed by atoms with Crippen molar-refractivity contribution in [3.8, 4) is 0 Å². The maximum absolute atomic E-state index is 5.15. The van der Waals surface area contributed by atoms with Crippen LogP contribution in [0.1, 0.15) is 0 Å². The van der Waals surface area contributed by atoms with Crippen LogP contribution in [0.4, 0.5) is 11.4 Å². The molecule has 0 amide bonds. The second-order valence-corrected chi connectivity index (χ2v) is 4.15. The highest BCUT2D eigenvalue weighted by Crippen LogP contribution is 2.15. The molecule has 1 aromatic rings. The van der Waals surface area contributed by atoms with Crippen LogP contribution >= 0.6 is 12.2 Å². The number of anilines is 2. The topological polar surface area (TPSA) is 18.5 Å². The number of benzene rings is 1. The summed E-state index contributed by atoms with van der Waals surface area (Å²) in [5, 5.41) is 3.86. The maximum Gasteiger partial charge on any atom is 0.172 e. The van der Waals surface area contributed by atoms with Gasteiger partial charge in [0.2, 0.25) is 0 Å². The molecule has 3 nitrogen and oxygen atoms in total. The number of thiocarbonyl (C=S) groups is 1. The van der Waals surface area contributed by atoms with Gasteiger partial charge in [-0.25, -0.2) is 0 Å². The SMILES string of the molecule is CN(C)C(=S)Nc1ccc(N(C)C)cc1. The fraction of sp³-hybridized carbons (Fsp3) is 0.364. The quantitative estimate of drug-likeness (QED) is 0.773. The summed E-state index contributed by atoms with van der Waals surface area (Å²) in [5.41, 5.74) is 2.19. The van der Waals surface area contributed by atoms with Gasteiger partial charge in [0.15, 0.2) is 5.11 Å². The maximum atomic E-state index is 5.15. The van der Waals surface area contributed by atoms with E-state index in [0.717, 1.165) is 5.69 Å². The minimum Gasteiger partial charge on any atom is -0.378 e. The van der Waals surface area contributed by atoms with E-state index in [4.69, 9.17) is 12.2 Å². The molecule has 1 rings (SSSR count). The Morgan fingerprint density at radius 2 is 1.60 bits per heavy atom. The van der Waals surface area contributed by atoms with E-state index in [1.807, 2.05) is 45.2 Å². The Morgan fingerprint density at radius 3 is 2.00 bits per heavy atom. The highest BCUT2D eigenvalue weighted by molar-refractivity contribution is 7.80. The van der Waals surface area contributed by atoms with E-state index >= 15 is 0 Å². The van der Waals surface area contributed by atoms with Gasteiger partial charge in [-0.2, -0.15) is 0 Å². The van der Waals surface area contributed by atoms with Gasteiger partial charge in [-0.3, -0.25) is 0 Å². The first-order chi connectivity index (χ1) is 7.00. The van der Waals surface area contributed by atoms with E-state index in [0.29, 0.717) is 5.11 Å². The molecule has 0 aliphatic heterocycles. The molecule has 0 atom stereocenters. The van der Waals surface area contributed by atoms with Crippen LogP contribution in [0.2, 0.25) is 0 Å². The molecule has 0 heterocycles. The lowest BCUT2D eigenvalue weighted by atomic mass is 10.2. The average Bonchev–Trinajstić information content (AvgIpc) is 2.18. The Morgan fingerprint density at radius 1 is 1.07 bits per heavy atom.